The molecule has 1 unspecified atom stereocenters. The minimum Gasteiger partial charge on any atom is -0.314 e. The first-order chi connectivity index (χ1) is 9.00. The maximum absolute atomic E-state index is 11.0. The normalized spacial score (nSPS) is 18.1. The van der Waals surface area contributed by atoms with Crippen LogP contribution in [0.15, 0.2) is 22.7 Å². The van der Waals surface area contributed by atoms with E-state index in [2.05, 4.69) is 35.1 Å². The number of halogens is 1. The summed E-state index contributed by atoms with van der Waals surface area (Å²) in [7, 11) is 0. The number of nitrogens with zero attached hydrogens (tertiary/aromatic N) is 1. The Kier molecular flexibility index (Phi) is 4.26. The molecule has 4 nitrogen and oxygen atoms in total. The Hall–Kier alpha value is -0.940. The summed E-state index contributed by atoms with van der Waals surface area (Å²) < 4.78 is 0.634. The van der Waals surface area contributed by atoms with Crippen LogP contribution in [-0.4, -0.2) is 17.5 Å². The average Bonchev–Trinajstić information content (AvgIpc) is 3.13. The zero-order valence-corrected chi connectivity index (χ0v) is 12.9. The average molecular weight is 327 g/mol. The molecule has 0 amide bonds. The number of benzene rings is 1. The van der Waals surface area contributed by atoms with E-state index in [1.807, 2.05) is 6.07 Å². The van der Waals surface area contributed by atoms with Gasteiger partial charge in [-0.05, 0) is 59.6 Å². The van der Waals surface area contributed by atoms with Crippen molar-refractivity contribution in [1.29, 1.82) is 0 Å². The molecule has 1 aliphatic carbocycles. The van der Waals surface area contributed by atoms with E-state index in [0.717, 1.165) is 18.5 Å². The van der Waals surface area contributed by atoms with Gasteiger partial charge in [0.1, 0.15) is 0 Å². The number of hydrogen-bond acceptors (Lipinski definition) is 3. The fraction of sp³-hybridized carbons (Fsp3) is 0.571. The number of rotatable bonds is 6. The van der Waals surface area contributed by atoms with E-state index in [1.165, 1.54) is 12.8 Å². The third kappa shape index (κ3) is 2.98. The lowest BCUT2D eigenvalue weighted by Crippen LogP contribution is -2.36. The quantitative estimate of drug-likeness (QED) is 0.640. The molecule has 0 aromatic heterocycles. The molecule has 0 bridgehead atoms. The van der Waals surface area contributed by atoms with Crippen molar-refractivity contribution in [2.24, 2.45) is 5.41 Å². The van der Waals surface area contributed by atoms with E-state index >= 15 is 0 Å². The smallest absolute Gasteiger partial charge is 0.283 e. The maximum atomic E-state index is 11.0. The van der Waals surface area contributed by atoms with Gasteiger partial charge in [-0.25, -0.2) is 0 Å². The Balaban J connectivity index is 2.20. The number of hydrogen-bond donors (Lipinski definition) is 1. The van der Waals surface area contributed by atoms with Crippen LogP contribution in [0.25, 0.3) is 0 Å². The highest BCUT2D eigenvalue weighted by Gasteiger charge is 2.47. The van der Waals surface area contributed by atoms with Crippen molar-refractivity contribution >= 4 is 21.6 Å². The molecular formula is C14H19BrN2O2. The highest BCUT2D eigenvalue weighted by atomic mass is 79.9. The molecule has 5 heteroatoms. The second-order valence-corrected chi connectivity index (χ2v) is 6.12. The molecule has 1 aliphatic rings. The van der Waals surface area contributed by atoms with Gasteiger partial charge in [0.05, 0.1) is 9.40 Å². The summed E-state index contributed by atoms with van der Waals surface area (Å²) in [5.74, 6) is 0. The van der Waals surface area contributed by atoms with Crippen LogP contribution in [-0.2, 0) is 6.42 Å². The highest BCUT2D eigenvalue weighted by molar-refractivity contribution is 9.10. The van der Waals surface area contributed by atoms with Crippen LogP contribution in [0.2, 0.25) is 0 Å². The highest BCUT2D eigenvalue weighted by Crippen LogP contribution is 2.52. The zero-order valence-electron chi connectivity index (χ0n) is 11.3. The molecule has 0 heterocycles. The number of nitrogens with one attached hydrogen (secondary N) is 1. The first-order valence-corrected chi connectivity index (χ1v) is 7.44. The molecule has 2 rings (SSSR count). The molecule has 104 valence electrons. The molecule has 1 saturated carbocycles. The Bertz CT molecular complexity index is 486. The first-order valence-electron chi connectivity index (χ1n) is 6.65. The zero-order chi connectivity index (χ0) is 14.0. The van der Waals surface area contributed by atoms with E-state index in [9.17, 15) is 10.1 Å². The third-order valence-electron chi connectivity index (χ3n) is 4.12. The van der Waals surface area contributed by atoms with Crippen molar-refractivity contribution in [2.75, 3.05) is 6.54 Å². The van der Waals surface area contributed by atoms with Gasteiger partial charge in [0, 0.05) is 12.1 Å². The molecule has 0 radical (unpaired) electrons. The van der Waals surface area contributed by atoms with Crippen molar-refractivity contribution < 1.29 is 4.92 Å². The number of nitro groups is 1. The monoisotopic (exact) mass is 326 g/mol. The molecule has 1 aromatic carbocycles. The van der Waals surface area contributed by atoms with Crippen LogP contribution >= 0.6 is 15.9 Å². The molecular weight excluding hydrogens is 308 g/mol. The third-order valence-corrected chi connectivity index (χ3v) is 5.03. The van der Waals surface area contributed by atoms with Crippen LogP contribution in [0.3, 0.4) is 0 Å². The molecule has 1 fully saturated rings. The van der Waals surface area contributed by atoms with E-state index < -0.39 is 0 Å². The van der Waals surface area contributed by atoms with Crippen LogP contribution < -0.4 is 5.32 Å². The maximum Gasteiger partial charge on any atom is 0.283 e. The fourth-order valence-corrected chi connectivity index (χ4v) is 3.22. The van der Waals surface area contributed by atoms with E-state index in [1.54, 1.807) is 12.1 Å². The summed E-state index contributed by atoms with van der Waals surface area (Å²) in [5, 5.41) is 14.4. The summed E-state index contributed by atoms with van der Waals surface area (Å²) in [4.78, 5) is 10.6. The van der Waals surface area contributed by atoms with Crippen LogP contribution in [0.1, 0.15) is 32.3 Å². The van der Waals surface area contributed by atoms with Gasteiger partial charge in [0.2, 0.25) is 0 Å². The SMILES string of the molecule is CCNC(C)C1(Cc2cccc([N+](=O)[O-])c2Br)CC1. The van der Waals surface area contributed by atoms with Gasteiger partial charge in [0.15, 0.2) is 0 Å². The van der Waals surface area contributed by atoms with Crippen LogP contribution in [0.4, 0.5) is 5.69 Å². The lowest BCUT2D eigenvalue weighted by Gasteiger charge is -2.24. The fourth-order valence-electron chi connectivity index (χ4n) is 2.67. The molecule has 1 N–H and O–H groups in total. The van der Waals surface area contributed by atoms with E-state index in [0.29, 0.717) is 10.5 Å². The van der Waals surface area contributed by atoms with Gasteiger partial charge in [-0.3, -0.25) is 10.1 Å². The standard InChI is InChI=1S/C14H19BrN2O2/c1-3-16-10(2)14(7-8-14)9-11-5-4-6-12(13(11)15)17(18)19/h4-6,10,16H,3,7-9H2,1-2H3. The minimum atomic E-state index is -0.332. The van der Waals surface area contributed by atoms with Crippen molar-refractivity contribution in [1.82, 2.24) is 5.32 Å². The molecule has 0 aliphatic heterocycles. The van der Waals surface area contributed by atoms with Crippen molar-refractivity contribution in [3.8, 4) is 0 Å². The van der Waals surface area contributed by atoms with Crippen molar-refractivity contribution in [3.05, 3.63) is 38.3 Å². The van der Waals surface area contributed by atoms with Crippen molar-refractivity contribution in [3.63, 3.8) is 0 Å². The Morgan fingerprint density at radius 3 is 2.74 bits per heavy atom. The lowest BCUT2D eigenvalue weighted by atomic mass is 9.89. The van der Waals surface area contributed by atoms with Gasteiger partial charge < -0.3 is 5.32 Å². The predicted molar refractivity (Wildman–Crippen MR) is 79.3 cm³/mol. The Morgan fingerprint density at radius 2 is 2.21 bits per heavy atom. The van der Waals surface area contributed by atoms with Gasteiger partial charge in [-0.1, -0.05) is 19.1 Å². The second kappa shape index (κ2) is 5.59. The minimum absolute atomic E-state index is 0.157. The van der Waals surface area contributed by atoms with Gasteiger partial charge in [-0.2, -0.15) is 0 Å². The summed E-state index contributed by atoms with van der Waals surface area (Å²) in [6.45, 7) is 5.27. The summed E-state index contributed by atoms with van der Waals surface area (Å²) in [6, 6.07) is 5.74. The molecule has 0 saturated heterocycles. The molecule has 1 atom stereocenters. The van der Waals surface area contributed by atoms with Crippen LogP contribution in [0, 0.1) is 15.5 Å². The van der Waals surface area contributed by atoms with Gasteiger partial charge >= 0.3 is 0 Å². The summed E-state index contributed by atoms with van der Waals surface area (Å²) >= 11 is 3.39. The molecule has 1 aromatic rings. The number of nitro benzene ring substituents is 1. The van der Waals surface area contributed by atoms with E-state index in [4.69, 9.17) is 0 Å². The van der Waals surface area contributed by atoms with Crippen LogP contribution in [0.5, 0.6) is 0 Å². The Labute approximate surface area is 121 Å². The van der Waals surface area contributed by atoms with E-state index in [-0.39, 0.29) is 16.0 Å². The second-order valence-electron chi connectivity index (χ2n) is 5.33. The first kappa shape index (κ1) is 14.5. The summed E-state index contributed by atoms with van der Waals surface area (Å²) in [5.41, 5.74) is 1.47. The molecule has 19 heavy (non-hydrogen) atoms. The molecule has 0 spiro atoms. The van der Waals surface area contributed by atoms with Gasteiger partial charge in [0.25, 0.3) is 5.69 Å². The lowest BCUT2D eigenvalue weighted by molar-refractivity contribution is -0.385. The Morgan fingerprint density at radius 1 is 1.53 bits per heavy atom. The predicted octanol–water partition coefficient (Wildman–Crippen LogP) is 3.68. The largest absolute Gasteiger partial charge is 0.314 e. The topological polar surface area (TPSA) is 55.2 Å². The van der Waals surface area contributed by atoms with Gasteiger partial charge in [-0.15, -0.1) is 0 Å². The summed E-state index contributed by atoms with van der Waals surface area (Å²) in [6.07, 6.45) is 3.27. The van der Waals surface area contributed by atoms with Crippen molar-refractivity contribution in [2.45, 2.75) is 39.2 Å².